The van der Waals surface area contributed by atoms with Crippen LogP contribution in [0.1, 0.15) is 40.0 Å². The fourth-order valence-electron chi connectivity index (χ4n) is 1.90. The maximum absolute atomic E-state index is 5.06. The quantitative estimate of drug-likeness (QED) is 0.567. The van der Waals surface area contributed by atoms with E-state index < -0.39 is 0 Å². The van der Waals surface area contributed by atoms with Crippen LogP contribution in [-0.4, -0.2) is 38.3 Å². The van der Waals surface area contributed by atoms with Gasteiger partial charge in [-0.05, 0) is 36.2 Å². The third kappa shape index (κ3) is 6.77. The van der Waals surface area contributed by atoms with Crippen LogP contribution < -0.4 is 5.32 Å². The van der Waals surface area contributed by atoms with Crippen molar-refractivity contribution in [3.8, 4) is 0 Å². The second-order valence-electron chi connectivity index (χ2n) is 4.32. The first-order chi connectivity index (χ1) is 7.74. The van der Waals surface area contributed by atoms with Crippen molar-refractivity contribution in [3.05, 3.63) is 0 Å². The molecule has 0 amide bonds. The topological polar surface area (TPSA) is 21.3 Å². The maximum Gasteiger partial charge on any atom is 0.0587 e. The number of hydrogen-bond donors (Lipinski definition) is 1. The Morgan fingerprint density at radius 3 is 2.38 bits per heavy atom. The maximum atomic E-state index is 5.06. The molecule has 0 unspecified atom stereocenters. The zero-order valence-electron chi connectivity index (χ0n) is 11.5. The molecule has 0 radical (unpaired) electrons. The average molecular weight is 247 g/mol. The molecule has 0 aromatic carbocycles. The van der Waals surface area contributed by atoms with E-state index >= 15 is 0 Å². The Morgan fingerprint density at radius 1 is 1.19 bits per heavy atom. The van der Waals surface area contributed by atoms with Gasteiger partial charge in [-0.3, -0.25) is 0 Å². The van der Waals surface area contributed by atoms with Gasteiger partial charge in [-0.1, -0.05) is 20.8 Å². The van der Waals surface area contributed by atoms with E-state index in [1.807, 2.05) is 0 Å². The van der Waals surface area contributed by atoms with Crippen molar-refractivity contribution in [1.29, 1.82) is 0 Å². The van der Waals surface area contributed by atoms with Crippen LogP contribution in [0.15, 0.2) is 0 Å². The van der Waals surface area contributed by atoms with Crippen molar-refractivity contribution in [2.75, 3.05) is 38.3 Å². The van der Waals surface area contributed by atoms with Gasteiger partial charge in [0.25, 0.3) is 0 Å². The standard InChI is InChI=1S/C13H29NOS/c1-5-13(6-2,8-11-16-7-3)12-14-9-10-15-4/h14H,5-12H2,1-4H3. The molecule has 16 heavy (non-hydrogen) atoms. The van der Waals surface area contributed by atoms with Crippen molar-refractivity contribution in [3.63, 3.8) is 0 Å². The second kappa shape index (κ2) is 10.4. The van der Waals surface area contributed by atoms with Crippen LogP contribution in [0.2, 0.25) is 0 Å². The van der Waals surface area contributed by atoms with Crippen LogP contribution in [0, 0.1) is 5.41 Å². The van der Waals surface area contributed by atoms with Gasteiger partial charge in [-0.2, -0.15) is 11.8 Å². The minimum Gasteiger partial charge on any atom is -0.383 e. The van der Waals surface area contributed by atoms with Crippen molar-refractivity contribution < 1.29 is 4.74 Å². The van der Waals surface area contributed by atoms with Gasteiger partial charge in [-0.25, -0.2) is 0 Å². The highest BCUT2D eigenvalue weighted by atomic mass is 32.2. The van der Waals surface area contributed by atoms with E-state index in [9.17, 15) is 0 Å². The van der Waals surface area contributed by atoms with E-state index in [4.69, 9.17) is 4.74 Å². The fraction of sp³-hybridized carbons (Fsp3) is 1.00. The van der Waals surface area contributed by atoms with Gasteiger partial charge in [0.05, 0.1) is 6.61 Å². The monoisotopic (exact) mass is 247 g/mol. The van der Waals surface area contributed by atoms with Crippen LogP contribution >= 0.6 is 11.8 Å². The van der Waals surface area contributed by atoms with E-state index in [0.29, 0.717) is 5.41 Å². The number of nitrogens with one attached hydrogen (secondary N) is 1. The molecule has 98 valence electrons. The van der Waals surface area contributed by atoms with Crippen molar-refractivity contribution >= 4 is 11.8 Å². The second-order valence-corrected chi connectivity index (χ2v) is 5.72. The summed E-state index contributed by atoms with van der Waals surface area (Å²) in [6.07, 6.45) is 3.88. The van der Waals surface area contributed by atoms with Gasteiger partial charge < -0.3 is 10.1 Å². The van der Waals surface area contributed by atoms with Crippen LogP contribution in [0.4, 0.5) is 0 Å². The molecule has 0 saturated carbocycles. The molecule has 2 nitrogen and oxygen atoms in total. The van der Waals surface area contributed by atoms with Crippen LogP contribution in [0.3, 0.4) is 0 Å². The zero-order chi connectivity index (χ0) is 12.3. The lowest BCUT2D eigenvalue weighted by atomic mass is 9.80. The molecule has 0 aliphatic rings. The van der Waals surface area contributed by atoms with Gasteiger partial charge in [0.15, 0.2) is 0 Å². The summed E-state index contributed by atoms with van der Waals surface area (Å²) in [5.74, 6) is 2.53. The highest BCUT2D eigenvalue weighted by Gasteiger charge is 2.24. The molecule has 0 aliphatic carbocycles. The molecule has 0 spiro atoms. The minimum atomic E-state index is 0.496. The summed E-state index contributed by atoms with van der Waals surface area (Å²) in [5, 5.41) is 3.52. The molecule has 0 heterocycles. The molecule has 1 N–H and O–H groups in total. The first-order valence-electron chi connectivity index (χ1n) is 6.52. The Bertz CT molecular complexity index is 149. The van der Waals surface area contributed by atoms with Crippen molar-refractivity contribution in [1.82, 2.24) is 5.32 Å². The number of ether oxygens (including phenoxy) is 1. The predicted molar refractivity (Wildman–Crippen MR) is 75.4 cm³/mol. The first kappa shape index (κ1) is 16.3. The summed E-state index contributed by atoms with van der Waals surface area (Å²) in [7, 11) is 1.76. The van der Waals surface area contributed by atoms with E-state index in [1.54, 1.807) is 7.11 Å². The Kier molecular flexibility index (Phi) is 10.6. The largest absolute Gasteiger partial charge is 0.383 e. The van der Waals surface area contributed by atoms with Gasteiger partial charge in [0.1, 0.15) is 0 Å². The van der Waals surface area contributed by atoms with Crippen LogP contribution in [0.25, 0.3) is 0 Å². The third-order valence-electron chi connectivity index (χ3n) is 3.46. The SMILES string of the molecule is CCSCCC(CC)(CC)CNCCOC. The van der Waals surface area contributed by atoms with E-state index in [0.717, 1.165) is 19.7 Å². The number of rotatable bonds is 11. The number of methoxy groups -OCH3 is 1. The summed E-state index contributed by atoms with van der Waals surface area (Å²) >= 11 is 2.06. The van der Waals surface area contributed by atoms with E-state index in [-0.39, 0.29) is 0 Å². The average Bonchev–Trinajstić information content (AvgIpc) is 2.33. The van der Waals surface area contributed by atoms with Gasteiger partial charge >= 0.3 is 0 Å². The van der Waals surface area contributed by atoms with Crippen LogP contribution in [-0.2, 0) is 4.74 Å². The Morgan fingerprint density at radius 2 is 1.88 bits per heavy atom. The van der Waals surface area contributed by atoms with Gasteiger partial charge in [0.2, 0.25) is 0 Å². The number of hydrogen-bond acceptors (Lipinski definition) is 3. The summed E-state index contributed by atoms with van der Waals surface area (Å²) in [4.78, 5) is 0. The van der Waals surface area contributed by atoms with Crippen LogP contribution in [0.5, 0.6) is 0 Å². The predicted octanol–water partition coefficient (Wildman–Crippen LogP) is 3.17. The molecule has 0 saturated heterocycles. The number of thioether (sulfide) groups is 1. The fourth-order valence-corrected chi connectivity index (χ4v) is 2.77. The molecule has 0 rings (SSSR count). The van der Waals surface area contributed by atoms with Crippen molar-refractivity contribution in [2.24, 2.45) is 5.41 Å². The lowest BCUT2D eigenvalue weighted by Gasteiger charge is -2.32. The third-order valence-corrected chi connectivity index (χ3v) is 4.36. The lowest BCUT2D eigenvalue weighted by molar-refractivity contribution is 0.184. The molecular formula is C13H29NOS. The first-order valence-corrected chi connectivity index (χ1v) is 7.67. The molecule has 3 heteroatoms. The molecule has 0 aliphatic heterocycles. The Hall–Kier alpha value is 0.270. The van der Waals surface area contributed by atoms with Gasteiger partial charge in [0, 0.05) is 20.2 Å². The Balaban J connectivity index is 3.90. The van der Waals surface area contributed by atoms with Gasteiger partial charge in [-0.15, -0.1) is 0 Å². The highest BCUT2D eigenvalue weighted by molar-refractivity contribution is 7.99. The smallest absolute Gasteiger partial charge is 0.0587 e. The van der Waals surface area contributed by atoms with Crippen molar-refractivity contribution in [2.45, 2.75) is 40.0 Å². The minimum absolute atomic E-state index is 0.496. The normalized spacial score (nSPS) is 12.0. The summed E-state index contributed by atoms with van der Waals surface area (Å²) in [6, 6.07) is 0. The summed E-state index contributed by atoms with van der Waals surface area (Å²) in [6.45, 7) is 9.79. The summed E-state index contributed by atoms with van der Waals surface area (Å²) < 4.78 is 5.06. The van der Waals surface area contributed by atoms with E-state index in [1.165, 1.54) is 30.8 Å². The molecule has 0 atom stereocenters. The molecular weight excluding hydrogens is 218 g/mol. The Labute approximate surface area is 106 Å². The lowest BCUT2D eigenvalue weighted by Crippen LogP contribution is -2.35. The molecule has 0 bridgehead atoms. The molecule has 0 fully saturated rings. The summed E-state index contributed by atoms with van der Waals surface area (Å²) in [5.41, 5.74) is 0.496. The molecule has 0 aromatic heterocycles. The van der Waals surface area contributed by atoms with E-state index in [2.05, 4.69) is 37.8 Å². The highest BCUT2D eigenvalue weighted by Crippen LogP contribution is 2.31. The zero-order valence-corrected chi connectivity index (χ0v) is 12.3. The molecule has 0 aromatic rings.